The Kier molecular flexibility index (Phi) is 7.02. The van der Waals surface area contributed by atoms with E-state index in [4.69, 9.17) is 5.73 Å². The van der Waals surface area contributed by atoms with Gasteiger partial charge in [0.05, 0.1) is 6.04 Å². The Labute approximate surface area is 85.2 Å². The molecule has 0 aromatic heterocycles. The highest BCUT2D eigenvalue weighted by Crippen LogP contribution is 1.97. The van der Waals surface area contributed by atoms with Crippen molar-refractivity contribution in [1.82, 2.24) is 5.32 Å². The monoisotopic (exact) mass is 200 g/mol. The topological polar surface area (TPSA) is 72.2 Å². The molecule has 0 bridgehead atoms. The number of nitrogens with two attached hydrogens (primary N) is 1. The summed E-state index contributed by atoms with van der Waals surface area (Å²) in [4.78, 5) is 21.3. The molecule has 0 aromatic carbocycles. The van der Waals surface area contributed by atoms with E-state index in [1.54, 1.807) is 0 Å². The summed E-state index contributed by atoms with van der Waals surface area (Å²) in [6.07, 6.45) is 3.20. The van der Waals surface area contributed by atoms with E-state index in [0.29, 0.717) is 13.0 Å². The molecule has 3 N–H and O–H groups in total. The fourth-order valence-electron chi connectivity index (χ4n) is 0.989. The van der Waals surface area contributed by atoms with Crippen molar-refractivity contribution in [2.75, 3.05) is 6.54 Å². The number of amides is 1. The molecule has 0 spiro atoms. The van der Waals surface area contributed by atoms with Crippen molar-refractivity contribution in [2.45, 2.75) is 39.2 Å². The van der Waals surface area contributed by atoms with Crippen molar-refractivity contribution < 1.29 is 9.59 Å². The van der Waals surface area contributed by atoms with Crippen molar-refractivity contribution in [3.05, 3.63) is 0 Å². The van der Waals surface area contributed by atoms with Crippen LogP contribution < -0.4 is 11.1 Å². The molecule has 4 nitrogen and oxygen atoms in total. The molecule has 0 aliphatic carbocycles. The molecule has 0 fully saturated rings. The van der Waals surface area contributed by atoms with Gasteiger partial charge in [-0.2, -0.15) is 0 Å². The second kappa shape index (κ2) is 7.50. The number of hydrogen-bond donors (Lipinski definition) is 2. The minimum absolute atomic E-state index is 0.0345. The Morgan fingerprint density at radius 1 is 1.43 bits per heavy atom. The summed E-state index contributed by atoms with van der Waals surface area (Å²) in [5.41, 5.74) is 5.41. The average Bonchev–Trinajstić information content (AvgIpc) is 2.16. The van der Waals surface area contributed by atoms with Crippen LogP contribution in [0.25, 0.3) is 0 Å². The highest BCUT2D eigenvalue weighted by molar-refractivity contribution is 5.77. The molecule has 0 aliphatic heterocycles. The van der Waals surface area contributed by atoms with Gasteiger partial charge in [0, 0.05) is 12.5 Å². The summed E-state index contributed by atoms with van der Waals surface area (Å²) in [7, 11) is 0. The first-order valence-electron chi connectivity index (χ1n) is 5.06. The SMILES string of the molecule is CC(C)C(=O)NCCCC[C@H](N)C=O. The summed E-state index contributed by atoms with van der Waals surface area (Å²) < 4.78 is 0. The van der Waals surface area contributed by atoms with E-state index in [9.17, 15) is 9.59 Å². The summed E-state index contributed by atoms with van der Waals surface area (Å²) in [6, 6.07) is -0.351. The van der Waals surface area contributed by atoms with Crippen molar-refractivity contribution in [3.8, 4) is 0 Å². The van der Waals surface area contributed by atoms with Gasteiger partial charge in [0.25, 0.3) is 0 Å². The van der Waals surface area contributed by atoms with E-state index in [1.165, 1.54) is 0 Å². The van der Waals surface area contributed by atoms with E-state index in [-0.39, 0.29) is 17.9 Å². The van der Waals surface area contributed by atoms with Gasteiger partial charge in [-0.15, -0.1) is 0 Å². The number of rotatable bonds is 7. The van der Waals surface area contributed by atoms with Crippen LogP contribution in [0.5, 0.6) is 0 Å². The van der Waals surface area contributed by atoms with Gasteiger partial charge in [-0.05, 0) is 19.3 Å². The summed E-state index contributed by atoms with van der Waals surface area (Å²) in [5.74, 6) is 0.108. The number of hydrogen-bond acceptors (Lipinski definition) is 3. The van der Waals surface area contributed by atoms with Crippen molar-refractivity contribution in [3.63, 3.8) is 0 Å². The van der Waals surface area contributed by atoms with Crippen LogP contribution in [0.2, 0.25) is 0 Å². The van der Waals surface area contributed by atoms with Gasteiger partial charge in [-0.1, -0.05) is 13.8 Å². The molecule has 14 heavy (non-hydrogen) atoms. The number of nitrogens with one attached hydrogen (secondary N) is 1. The van der Waals surface area contributed by atoms with Gasteiger partial charge in [0.2, 0.25) is 5.91 Å². The molecule has 0 radical (unpaired) electrons. The third-order valence-corrected chi connectivity index (χ3v) is 1.96. The number of carbonyl (C=O) groups excluding carboxylic acids is 2. The van der Waals surface area contributed by atoms with Crippen molar-refractivity contribution >= 4 is 12.2 Å². The molecule has 0 aliphatic rings. The molecule has 0 aromatic rings. The lowest BCUT2D eigenvalue weighted by atomic mass is 10.1. The lowest BCUT2D eigenvalue weighted by Gasteiger charge is -2.07. The molecule has 4 heteroatoms. The minimum Gasteiger partial charge on any atom is -0.356 e. The van der Waals surface area contributed by atoms with Crippen LogP contribution in [0.4, 0.5) is 0 Å². The highest BCUT2D eigenvalue weighted by Gasteiger charge is 2.05. The summed E-state index contributed by atoms with van der Waals surface area (Å²) in [6.45, 7) is 4.39. The molecule has 0 unspecified atom stereocenters. The van der Waals surface area contributed by atoms with E-state index < -0.39 is 0 Å². The zero-order chi connectivity index (χ0) is 11.0. The van der Waals surface area contributed by atoms with Crippen LogP contribution in [0.1, 0.15) is 33.1 Å². The first-order valence-corrected chi connectivity index (χ1v) is 5.06. The van der Waals surface area contributed by atoms with Gasteiger partial charge in [-0.25, -0.2) is 0 Å². The van der Waals surface area contributed by atoms with Crippen LogP contribution in [-0.4, -0.2) is 24.8 Å². The summed E-state index contributed by atoms with van der Waals surface area (Å²) >= 11 is 0. The van der Waals surface area contributed by atoms with E-state index in [1.807, 2.05) is 13.8 Å². The van der Waals surface area contributed by atoms with Crippen LogP contribution in [0, 0.1) is 5.92 Å². The van der Waals surface area contributed by atoms with Gasteiger partial charge < -0.3 is 15.8 Å². The molecule has 82 valence electrons. The number of aldehydes is 1. The van der Waals surface area contributed by atoms with Crippen LogP contribution in [0.15, 0.2) is 0 Å². The van der Waals surface area contributed by atoms with Gasteiger partial charge >= 0.3 is 0 Å². The number of carbonyl (C=O) groups is 2. The Hall–Kier alpha value is -0.900. The summed E-state index contributed by atoms with van der Waals surface area (Å²) in [5, 5.41) is 2.81. The molecular formula is C10H20N2O2. The lowest BCUT2D eigenvalue weighted by molar-refractivity contribution is -0.124. The van der Waals surface area contributed by atoms with Crippen LogP contribution >= 0.6 is 0 Å². The molecular weight excluding hydrogens is 180 g/mol. The Morgan fingerprint density at radius 3 is 2.57 bits per heavy atom. The first kappa shape index (κ1) is 13.1. The zero-order valence-electron chi connectivity index (χ0n) is 8.95. The van der Waals surface area contributed by atoms with Crippen LogP contribution in [0.3, 0.4) is 0 Å². The fourth-order valence-corrected chi connectivity index (χ4v) is 0.989. The maximum atomic E-state index is 11.1. The Bertz CT molecular complexity index is 181. The number of unbranched alkanes of at least 4 members (excludes halogenated alkanes) is 1. The Morgan fingerprint density at radius 2 is 2.07 bits per heavy atom. The van der Waals surface area contributed by atoms with Gasteiger partial charge in [-0.3, -0.25) is 4.79 Å². The van der Waals surface area contributed by atoms with Crippen molar-refractivity contribution in [2.24, 2.45) is 11.7 Å². The molecule has 1 amide bonds. The molecule has 0 heterocycles. The zero-order valence-corrected chi connectivity index (χ0v) is 8.95. The quantitative estimate of drug-likeness (QED) is 0.463. The Balaban J connectivity index is 3.30. The van der Waals surface area contributed by atoms with Gasteiger partial charge in [0.15, 0.2) is 0 Å². The normalized spacial score (nSPS) is 12.6. The predicted molar refractivity (Wildman–Crippen MR) is 55.7 cm³/mol. The maximum absolute atomic E-state index is 11.1. The second-order valence-corrected chi connectivity index (χ2v) is 3.74. The average molecular weight is 200 g/mol. The van der Waals surface area contributed by atoms with E-state index in [2.05, 4.69) is 5.32 Å². The standard InChI is InChI=1S/C10H20N2O2/c1-8(2)10(14)12-6-4-3-5-9(11)7-13/h7-9H,3-6,11H2,1-2H3,(H,12,14)/t9-/m0/s1. The third kappa shape index (κ3) is 6.60. The first-order chi connectivity index (χ1) is 6.57. The highest BCUT2D eigenvalue weighted by atomic mass is 16.1. The largest absolute Gasteiger partial charge is 0.356 e. The maximum Gasteiger partial charge on any atom is 0.222 e. The van der Waals surface area contributed by atoms with Crippen molar-refractivity contribution in [1.29, 1.82) is 0 Å². The molecule has 1 atom stereocenters. The fraction of sp³-hybridized carbons (Fsp3) is 0.800. The minimum atomic E-state index is -0.351. The van der Waals surface area contributed by atoms with Crippen LogP contribution in [-0.2, 0) is 9.59 Å². The predicted octanol–water partition coefficient (Wildman–Crippen LogP) is 0.455. The molecule has 0 rings (SSSR count). The smallest absolute Gasteiger partial charge is 0.222 e. The second-order valence-electron chi connectivity index (χ2n) is 3.74. The molecule has 0 saturated heterocycles. The van der Waals surface area contributed by atoms with Gasteiger partial charge in [0.1, 0.15) is 6.29 Å². The lowest BCUT2D eigenvalue weighted by Crippen LogP contribution is -2.29. The van der Waals surface area contributed by atoms with E-state index in [0.717, 1.165) is 19.1 Å². The molecule has 0 saturated carbocycles. The van der Waals surface area contributed by atoms with E-state index >= 15 is 0 Å². The third-order valence-electron chi connectivity index (χ3n) is 1.96.